The fourth-order valence-corrected chi connectivity index (χ4v) is 2.91. The number of carboxylic acids is 2. The maximum absolute atomic E-state index is 10.7. The predicted molar refractivity (Wildman–Crippen MR) is 81.3 cm³/mol. The average molecular weight is 316 g/mol. The molecule has 2 N–H and O–H groups in total. The number of hydrogen-bond acceptors (Lipinski definition) is 6. The van der Waals surface area contributed by atoms with Crippen LogP contribution >= 0.6 is 21.6 Å². The molecule has 0 aromatic carbocycles. The van der Waals surface area contributed by atoms with Crippen LogP contribution in [0.5, 0.6) is 0 Å². The van der Waals surface area contributed by atoms with Crippen molar-refractivity contribution in [2.75, 3.05) is 0 Å². The van der Waals surface area contributed by atoms with Crippen molar-refractivity contribution in [1.29, 1.82) is 0 Å². The summed E-state index contributed by atoms with van der Waals surface area (Å²) in [6.07, 6.45) is 2.57. The molecule has 104 valence electrons. The fraction of sp³-hybridized carbons (Fsp3) is 0. The minimum absolute atomic E-state index is 0. The molecule has 0 aliphatic heterocycles. The molecule has 2 rings (SSSR count). The van der Waals surface area contributed by atoms with Crippen LogP contribution in [0.1, 0.15) is 20.7 Å². The van der Waals surface area contributed by atoms with Gasteiger partial charge in [0.25, 0.3) is 0 Å². The van der Waals surface area contributed by atoms with Crippen LogP contribution in [0.25, 0.3) is 0 Å². The summed E-state index contributed by atoms with van der Waals surface area (Å²) >= 11 is 0. The molecule has 0 fully saturated rings. The van der Waals surface area contributed by atoms with Crippen LogP contribution in [0.4, 0.5) is 0 Å². The van der Waals surface area contributed by atoms with Gasteiger partial charge >= 0.3 is 30.8 Å². The Kier molecular flexibility index (Phi) is 6.78. The molecule has 0 aliphatic rings. The summed E-state index contributed by atoms with van der Waals surface area (Å²) < 4.78 is 0. The second-order valence-electron chi connectivity index (χ2n) is 3.55. The molecule has 0 amide bonds. The van der Waals surface area contributed by atoms with Crippen molar-refractivity contribution in [3.8, 4) is 0 Å². The third kappa shape index (κ3) is 5.10. The Bertz CT molecular complexity index is 577. The first-order valence-electron chi connectivity index (χ1n) is 5.29. The standard InChI is InChI=1S/C12H8N2O4S2.Li.H/c15-11(16)7-1-3-9(13-5-7)19-20-10-4-2-8(6-14-10)12(17)18;;/h1-6H,(H,15,16)(H,17,18);;. The third-order valence-corrected chi connectivity index (χ3v) is 4.36. The SMILES string of the molecule is O=C(O)c1ccc(SSc2ccc(C(=O)O)cn2)nc1.[LiH]. The molecule has 2 aromatic heterocycles. The summed E-state index contributed by atoms with van der Waals surface area (Å²) in [4.78, 5) is 29.3. The quantitative estimate of drug-likeness (QED) is 0.638. The van der Waals surface area contributed by atoms with Gasteiger partial charge in [-0.25, -0.2) is 19.6 Å². The molecule has 6 nitrogen and oxygen atoms in total. The van der Waals surface area contributed by atoms with Crippen molar-refractivity contribution in [2.24, 2.45) is 0 Å². The van der Waals surface area contributed by atoms with E-state index in [0.29, 0.717) is 10.1 Å². The summed E-state index contributed by atoms with van der Waals surface area (Å²) in [5.41, 5.74) is 0.256. The Morgan fingerprint density at radius 3 is 1.43 bits per heavy atom. The van der Waals surface area contributed by atoms with E-state index in [4.69, 9.17) is 10.2 Å². The third-order valence-electron chi connectivity index (χ3n) is 2.18. The van der Waals surface area contributed by atoms with Gasteiger partial charge in [-0.05, 0) is 45.9 Å². The van der Waals surface area contributed by atoms with E-state index in [9.17, 15) is 9.59 Å². The van der Waals surface area contributed by atoms with E-state index in [2.05, 4.69) is 9.97 Å². The first-order valence-corrected chi connectivity index (χ1v) is 7.44. The molecule has 0 spiro atoms. The molecule has 21 heavy (non-hydrogen) atoms. The second-order valence-corrected chi connectivity index (χ2v) is 5.72. The molecule has 0 bridgehead atoms. The minimum atomic E-state index is -1.02. The first kappa shape index (κ1) is 17.6. The van der Waals surface area contributed by atoms with Gasteiger partial charge in [-0.1, -0.05) is 0 Å². The molecule has 0 atom stereocenters. The molecule has 0 saturated carbocycles. The van der Waals surface area contributed by atoms with Crippen LogP contribution in [0.15, 0.2) is 46.7 Å². The first-order chi connectivity index (χ1) is 9.56. The van der Waals surface area contributed by atoms with Crippen LogP contribution in [0.2, 0.25) is 0 Å². The number of carbonyl (C=O) groups is 2. The van der Waals surface area contributed by atoms with Crippen LogP contribution in [-0.4, -0.2) is 51.0 Å². The van der Waals surface area contributed by atoms with Gasteiger partial charge in [0.05, 0.1) is 11.1 Å². The Hall–Kier alpha value is -1.46. The van der Waals surface area contributed by atoms with Crippen molar-refractivity contribution in [3.63, 3.8) is 0 Å². The normalized spacial score (nSPS) is 9.71. The Morgan fingerprint density at radius 2 is 1.19 bits per heavy atom. The number of rotatable bonds is 5. The van der Waals surface area contributed by atoms with Crippen LogP contribution in [0.3, 0.4) is 0 Å². The van der Waals surface area contributed by atoms with Crippen molar-refractivity contribution < 1.29 is 19.8 Å². The summed E-state index contributed by atoms with van der Waals surface area (Å²) in [6, 6.07) is 6.15. The van der Waals surface area contributed by atoms with Gasteiger partial charge in [-0.3, -0.25) is 0 Å². The van der Waals surface area contributed by atoms with E-state index in [1.165, 1.54) is 46.1 Å². The van der Waals surface area contributed by atoms with Crippen molar-refractivity contribution in [1.82, 2.24) is 9.97 Å². The van der Waals surface area contributed by atoms with Gasteiger partial charge in [0.15, 0.2) is 0 Å². The Labute approximate surface area is 140 Å². The van der Waals surface area contributed by atoms with Gasteiger partial charge < -0.3 is 10.2 Å². The zero-order chi connectivity index (χ0) is 14.5. The number of aromatic nitrogens is 2. The van der Waals surface area contributed by atoms with Gasteiger partial charge in [0, 0.05) is 12.4 Å². The van der Waals surface area contributed by atoms with E-state index >= 15 is 0 Å². The fourth-order valence-electron chi connectivity index (χ4n) is 1.20. The summed E-state index contributed by atoms with van der Waals surface area (Å²) in [7, 11) is 2.62. The number of aromatic carboxylic acids is 2. The number of pyridine rings is 2. The van der Waals surface area contributed by atoms with Crippen LogP contribution in [-0.2, 0) is 0 Å². The van der Waals surface area contributed by atoms with Gasteiger partial charge in [-0.15, -0.1) is 0 Å². The molecule has 0 aliphatic carbocycles. The topological polar surface area (TPSA) is 100 Å². The molecule has 0 unspecified atom stereocenters. The Balaban J connectivity index is 0.00000220. The summed E-state index contributed by atoms with van der Waals surface area (Å²) in [5, 5.41) is 18.8. The maximum atomic E-state index is 10.7. The monoisotopic (exact) mass is 316 g/mol. The van der Waals surface area contributed by atoms with E-state index in [-0.39, 0.29) is 30.0 Å². The van der Waals surface area contributed by atoms with Crippen LogP contribution < -0.4 is 0 Å². The van der Waals surface area contributed by atoms with E-state index in [1.807, 2.05) is 0 Å². The number of nitrogens with zero attached hydrogens (tertiary/aromatic N) is 2. The van der Waals surface area contributed by atoms with E-state index in [0.717, 1.165) is 0 Å². The molecular weight excluding hydrogens is 307 g/mol. The van der Waals surface area contributed by atoms with Gasteiger partial charge in [-0.2, -0.15) is 0 Å². The van der Waals surface area contributed by atoms with Crippen molar-refractivity contribution in [3.05, 3.63) is 47.8 Å². The van der Waals surface area contributed by atoms with E-state index < -0.39 is 11.9 Å². The molecule has 2 heterocycles. The summed E-state index contributed by atoms with van der Waals surface area (Å²) in [6.45, 7) is 0. The zero-order valence-electron chi connectivity index (χ0n) is 9.89. The van der Waals surface area contributed by atoms with Gasteiger partial charge in [0.1, 0.15) is 10.1 Å². The number of hydrogen-bond donors (Lipinski definition) is 2. The molecular formula is C12H9LiN2O4S2. The molecule has 0 saturated heterocycles. The second kappa shape index (κ2) is 8.10. The zero-order valence-corrected chi connectivity index (χ0v) is 11.5. The van der Waals surface area contributed by atoms with Crippen molar-refractivity contribution in [2.45, 2.75) is 10.1 Å². The molecule has 0 radical (unpaired) electrons. The summed E-state index contributed by atoms with van der Waals surface area (Å²) in [5.74, 6) is -2.04. The Morgan fingerprint density at radius 1 is 0.810 bits per heavy atom. The molecule has 9 heteroatoms. The van der Waals surface area contributed by atoms with Gasteiger partial charge in [0.2, 0.25) is 0 Å². The van der Waals surface area contributed by atoms with E-state index in [1.54, 1.807) is 12.1 Å². The molecule has 2 aromatic rings. The average Bonchev–Trinajstić information content (AvgIpc) is 2.46. The van der Waals surface area contributed by atoms with Crippen molar-refractivity contribution >= 4 is 52.4 Å². The predicted octanol–water partition coefficient (Wildman–Crippen LogP) is 2.02. The number of carboxylic acid groups (broad SMARTS) is 2. The van der Waals surface area contributed by atoms with Crippen LogP contribution in [0, 0.1) is 0 Å².